The molecule has 1 N–H and O–H groups in total. The van der Waals surface area contributed by atoms with Crippen LogP contribution in [0.3, 0.4) is 0 Å². The zero-order valence-corrected chi connectivity index (χ0v) is 28.7. The number of aromatic nitrogens is 5. The molecule has 7 heterocycles. The fourth-order valence-corrected chi connectivity index (χ4v) is 8.39. The molecule has 2 aliphatic rings. The van der Waals surface area contributed by atoms with Gasteiger partial charge in [-0.05, 0) is 68.6 Å². The minimum Gasteiger partial charge on any atom is -0.472 e. The Labute approximate surface area is 293 Å². The molecule has 0 bridgehead atoms. The molecule has 1 amide bonds. The van der Waals surface area contributed by atoms with E-state index in [1.54, 1.807) is 34.4 Å². The molecule has 0 unspecified atom stereocenters. The van der Waals surface area contributed by atoms with E-state index in [2.05, 4.69) is 38.2 Å². The number of piperidine rings is 2. The smallest absolute Gasteiger partial charge is 0.277 e. The number of thiazole rings is 1. The third-order valence-electron chi connectivity index (χ3n) is 10.3. The molecular weight excluding hydrogens is 651 g/mol. The van der Waals surface area contributed by atoms with E-state index in [0.29, 0.717) is 31.4 Å². The highest BCUT2D eigenvalue weighted by Crippen LogP contribution is 2.37. The Balaban J connectivity index is 0.929. The first-order valence-corrected chi connectivity index (χ1v) is 17.9. The second-order valence-corrected chi connectivity index (χ2v) is 14.7. The number of furan rings is 1. The summed E-state index contributed by atoms with van der Waals surface area (Å²) >= 11 is 1.69. The number of hydrogen-bond acceptors (Lipinski definition) is 9. The van der Waals surface area contributed by atoms with E-state index in [0.717, 1.165) is 53.6 Å². The number of likely N-dealkylation sites (tertiary alicyclic amines) is 2. The van der Waals surface area contributed by atoms with Crippen molar-refractivity contribution in [1.29, 1.82) is 0 Å². The summed E-state index contributed by atoms with van der Waals surface area (Å²) in [5.41, 5.74) is 3.86. The van der Waals surface area contributed by atoms with Gasteiger partial charge < -0.3 is 14.4 Å². The molecule has 256 valence electrons. The normalized spacial score (nSPS) is 19.6. The lowest BCUT2D eigenvalue weighted by atomic mass is 9.79. The van der Waals surface area contributed by atoms with Crippen LogP contribution in [0.2, 0.25) is 0 Å². The predicted octanol–water partition coefficient (Wildman–Crippen LogP) is 5.24. The van der Waals surface area contributed by atoms with Crippen LogP contribution in [0.15, 0.2) is 101 Å². The van der Waals surface area contributed by atoms with Crippen LogP contribution in [0, 0.1) is 12.8 Å². The molecule has 0 spiro atoms. The molecule has 50 heavy (non-hydrogen) atoms. The fraction of sp³-hybridized carbons (Fsp3) is 0.342. The quantitative estimate of drug-likeness (QED) is 0.230. The van der Waals surface area contributed by atoms with Gasteiger partial charge >= 0.3 is 0 Å². The van der Waals surface area contributed by atoms with E-state index >= 15 is 0 Å². The van der Waals surface area contributed by atoms with Crippen molar-refractivity contribution >= 4 is 22.8 Å². The van der Waals surface area contributed by atoms with E-state index in [1.807, 2.05) is 60.6 Å². The first-order valence-electron chi connectivity index (χ1n) is 17.1. The Kier molecular flexibility index (Phi) is 8.67. The SMILES string of the molecule is Cc1ccc(-c2ncc(CN3CC[C@@H](C(=O)N4CCC(O)(Cn5cnn6c(-c7ccoc7)ccc6c5=O)CC4)[C@H](c4ccccc4)C3)s2)cn1. The summed E-state index contributed by atoms with van der Waals surface area (Å²) in [5, 5.41) is 17.1. The number of nitrogens with zero attached hydrogens (tertiary/aromatic N) is 7. The van der Waals surface area contributed by atoms with Crippen molar-refractivity contribution in [2.24, 2.45) is 5.92 Å². The third-order valence-corrected chi connectivity index (χ3v) is 11.3. The van der Waals surface area contributed by atoms with Crippen LogP contribution in [0.5, 0.6) is 0 Å². The molecule has 2 fully saturated rings. The highest BCUT2D eigenvalue weighted by molar-refractivity contribution is 7.15. The fourth-order valence-electron chi connectivity index (χ4n) is 7.45. The second-order valence-electron chi connectivity index (χ2n) is 13.6. The number of pyridine rings is 1. The van der Waals surface area contributed by atoms with Crippen LogP contribution in [0.4, 0.5) is 0 Å². The van der Waals surface area contributed by atoms with Crippen LogP contribution >= 0.6 is 11.3 Å². The molecule has 0 aliphatic carbocycles. The number of carbonyl (C=O) groups excluding carboxylic acids is 1. The first-order chi connectivity index (χ1) is 24.3. The predicted molar refractivity (Wildman–Crippen MR) is 191 cm³/mol. The van der Waals surface area contributed by atoms with Crippen molar-refractivity contribution in [2.75, 3.05) is 26.2 Å². The first kappa shape index (κ1) is 32.3. The van der Waals surface area contributed by atoms with E-state index in [4.69, 9.17) is 4.42 Å². The zero-order valence-electron chi connectivity index (χ0n) is 27.9. The second kappa shape index (κ2) is 13.4. The number of fused-ring (bicyclic) bond motifs is 1. The van der Waals surface area contributed by atoms with Crippen LogP contribution in [0.1, 0.15) is 41.3 Å². The molecule has 0 saturated carbocycles. The summed E-state index contributed by atoms with van der Waals surface area (Å²) in [6, 6.07) is 19.8. The molecule has 11 nitrogen and oxygen atoms in total. The van der Waals surface area contributed by atoms with Crippen molar-refractivity contribution < 1.29 is 14.3 Å². The number of aliphatic hydroxyl groups is 1. The van der Waals surface area contributed by atoms with Gasteiger partial charge in [0.05, 0.1) is 30.4 Å². The van der Waals surface area contributed by atoms with Crippen LogP contribution < -0.4 is 5.56 Å². The molecule has 8 rings (SSSR count). The van der Waals surface area contributed by atoms with E-state index in [9.17, 15) is 14.7 Å². The summed E-state index contributed by atoms with van der Waals surface area (Å²) in [4.78, 5) is 42.2. The van der Waals surface area contributed by atoms with E-state index < -0.39 is 5.60 Å². The van der Waals surface area contributed by atoms with Gasteiger partial charge in [-0.25, -0.2) is 9.50 Å². The largest absolute Gasteiger partial charge is 0.472 e. The maximum Gasteiger partial charge on any atom is 0.277 e. The summed E-state index contributed by atoms with van der Waals surface area (Å²) in [6.07, 6.45) is 10.0. The third kappa shape index (κ3) is 6.41. The van der Waals surface area contributed by atoms with Crippen LogP contribution in [-0.4, -0.2) is 76.7 Å². The van der Waals surface area contributed by atoms with Gasteiger partial charge in [0, 0.05) is 72.1 Å². The summed E-state index contributed by atoms with van der Waals surface area (Å²) in [7, 11) is 0. The monoisotopic (exact) mass is 689 g/mol. The number of benzene rings is 1. The van der Waals surface area contributed by atoms with E-state index in [-0.39, 0.29) is 29.8 Å². The number of carbonyl (C=O) groups is 1. The Morgan fingerprint density at radius 2 is 1.84 bits per heavy atom. The summed E-state index contributed by atoms with van der Waals surface area (Å²) in [5.74, 6) is 0.0496. The highest BCUT2D eigenvalue weighted by atomic mass is 32.1. The summed E-state index contributed by atoms with van der Waals surface area (Å²) < 4.78 is 8.28. The molecular formula is C38H39N7O4S. The average molecular weight is 690 g/mol. The lowest BCUT2D eigenvalue weighted by Crippen LogP contribution is -2.53. The maximum atomic E-state index is 14.2. The van der Waals surface area contributed by atoms with Gasteiger partial charge in [0.2, 0.25) is 5.91 Å². The molecule has 1 aromatic carbocycles. The maximum absolute atomic E-state index is 14.2. The van der Waals surface area contributed by atoms with Crippen molar-refractivity contribution in [3.8, 4) is 21.8 Å². The van der Waals surface area contributed by atoms with Crippen LogP contribution in [0.25, 0.3) is 27.3 Å². The molecule has 5 aromatic heterocycles. The Morgan fingerprint density at radius 3 is 2.60 bits per heavy atom. The van der Waals surface area contributed by atoms with Crippen molar-refractivity contribution in [1.82, 2.24) is 33.9 Å². The van der Waals surface area contributed by atoms with Gasteiger partial charge in [-0.15, -0.1) is 11.3 Å². The Morgan fingerprint density at radius 1 is 1.00 bits per heavy atom. The number of aryl methyl sites for hydroxylation is 1. The topological polar surface area (TPSA) is 122 Å². The van der Waals surface area contributed by atoms with Crippen LogP contribution in [-0.2, 0) is 17.9 Å². The van der Waals surface area contributed by atoms with Crippen molar-refractivity contribution in [2.45, 2.75) is 50.8 Å². The highest BCUT2D eigenvalue weighted by Gasteiger charge is 2.41. The number of rotatable bonds is 8. The lowest BCUT2D eigenvalue weighted by molar-refractivity contribution is -0.142. The minimum absolute atomic E-state index is 0.0531. The van der Waals surface area contributed by atoms with Gasteiger partial charge in [-0.2, -0.15) is 5.10 Å². The lowest BCUT2D eigenvalue weighted by Gasteiger charge is -2.43. The zero-order chi connectivity index (χ0) is 34.2. The molecule has 12 heteroatoms. The Bertz CT molecular complexity index is 2150. The Hall–Kier alpha value is -4.91. The average Bonchev–Trinajstić information content (AvgIpc) is 3.92. The van der Waals surface area contributed by atoms with Gasteiger partial charge in [0.15, 0.2) is 0 Å². The summed E-state index contributed by atoms with van der Waals surface area (Å²) in [6.45, 7) is 5.35. The standard InChI is InChI=1S/C38H39N7O4S/c1-26-7-8-28(19-39-26)35-40-20-30(50-35)21-42-15-11-31(32(22-42)27-5-3-2-4-6-27)36(46)43-16-13-38(48,14-17-43)24-44-25-41-45-33(29-12-18-49-23-29)9-10-34(45)37(44)47/h2-10,12,18-20,23,25,31-32,48H,11,13-17,21-22,24H2,1H3/t31-,32+/m1/s1. The molecule has 2 aliphatic heterocycles. The van der Waals surface area contributed by atoms with Crippen molar-refractivity contribution in [3.63, 3.8) is 0 Å². The van der Waals surface area contributed by atoms with Gasteiger partial charge in [0.1, 0.15) is 16.9 Å². The van der Waals surface area contributed by atoms with Crippen molar-refractivity contribution in [3.05, 3.63) is 118 Å². The molecule has 2 saturated heterocycles. The van der Waals surface area contributed by atoms with Gasteiger partial charge in [0.25, 0.3) is 5.56 Å². The molecule has 0 radical (unpaired) electrons. The molecule has 6 aromatic rings. The minimum atomic E-state index is -1.12. The van der Waals surface area contributed by atoms with Gasteiger partial charge in [-0.1, -0.05) is 30.3 Å². The number of hydrogen-bond donors (Lipinski definition) is 1. The molecule has 2 atom stereocenters. The van der Waals surface area contributed by atoms with Gasteiger partial charge in [-0.3, -0.25) is 24.0 Å². The van der Waals surface area contributed by atoms with E-state index in [1.165, 1.54) is 21.3 Å². The number of amides is 1.